The van der Waals surface area contributed by atoms with Crippen molar-refractivity contribution in [3.8, 4) is 17.6 Å². The summed E-state index contributed by atoms with van der Waals surface area (Å²) in [5.74, 6) is 8.14. The molecular formula is C31H33ClN2O3. The van der Waals surface area contributed by atoms with E-state index in [2.05, 4.69) is 22.5 Å². The largest absolute Gasteiger partial charge is 0.492 e. The summed E-state index contributed by atoms with van der Waals surface area (Å²) >= 11 is 6.37. The van der Waals surface area contributed by atoms with E-state index in [1.807, 2.05) is 30.3 Å². The Labute approximate surface area is 223 Å². The monoisotopic (exact) mass is 516 g/mol. The van der Waals surface area contributed by atoms with Crippen LogP contribution in [0.2, 0.25) is 5.02 Å². The van der Waals surface area contributed by atoms with Gasteiger partial charge in [-0.2, -0.15) is 0 Å². The Morgan fingerprint density at radius 2 is 1.62 bits per heavy atom. The molecule has 0 radical (unpaired) electrons. The van der Waals surface area contributed by atoms with Crippen molar-refractivity contribution in [2.75, 3.05) is 17.2 Å². The molecule has 2 aromatic carbocycles. The number of anilines is 2. The van der Waals surface area contributed by atoms with E-state index >= 15 is 0 Å². The van der Waals surface area contributed by atoms with Crippen LogP contribution in [-0.2, 0) is 9.59 Å². The molecule has 5 aliphatic carbocycles. The summed E-state index contributed by atoms with van der Waals surface area (Å²) in [7, 11) is 0. The van der Waals surface area contributed by atoms with Gasteiger partial charge in [0.1, 0.15) is 11.7 Å². The normalized spacial score (nSPS) is 28.1. The number of ether oxygens (including phenoxy) is 1. The maximum Gasteiger partial charge on any atom is 0.300 e. The topological polar surface area (TPSA) is 67.4 Å². The third-order valence-corrected chi connectivity index (χ3v) is 8.99. The van der Waals surface area contributed by atoms with Crippen LogP contribution in [0, 0.1) is 46.8 Å². The second kappa shape index (κ2) is 10.1. The first-order valence-corrected chi connectivity index (χ1v) is 13.9. The molecule has 192 valence electrons. The van der Waals surface area contributed by atoms with Gasteiger partial charge in [-0.15, -0.1) is 0 Å². The molecule has 37 heavy (non-hydrogen) atoms. The molecule has 1 atom stereocenters. The number of amides is 2. The average molecular weight is 517 g/mol. The molecule has 7 rings (SSSR count). The third kappa shape index (κ3) is 5.50. The number of benzene rings is 2. The second-order valence-electron chi connectivity index (χ2n) is 11.7. The Bertz CT molecular complexity index is 1210. The number of hydrogen-bond donors (Lipinski definition) is 2. The summed E-state index contributed by atoms with van der Waals surface area (Å²) in [4.78, 5) is 26.5. The number of carbonyl (C=O) groups is 2. The van der Waals surface area contributed by atoms with Crippen molar-refractivity contribution in [1.82, 2.24) is 0 Å². The molecule has 5 aliphatic rings. The maximum absolute atomic E-state index is 13.6. The number of para-hydroxylation sites is 1. The van der Waals surface area contributed by atoms with Crippen LogP contribution < -0.4 is 15.4 Å². The van der Waals surface area contributed by atoms with Crippen LogP contribution in [0.15, 0.2) is 48.5 Å². The van der Waals surface area contributed by atoms with E-state index in [4.69, 9.17) is 16.3 Å². The van der Waals surface area contributed by atoms with E-state index in [-0.39, 0.29) is 11.3 Å². The fourth-order valence-electron chi connectivity index (χ4n) is 7.25. The molecule has 2 N–H and O–H groups in total. The Kier molecular flexibility index (Phi) is 6.63. The summed E-state index contributed by atoms with van der Waals surface area (Å²) in [6.45, 7) is 0.674. The van der Waals surface area contributed by atoms with Gasteiger partial charge < -0.3 is 15.4 Å². The number of hydrogen-bond acceptors (Lipinski definition) is 3. The van der Waals surface area contributed by atoms with Gasteiger partial charge in [0, 0.05) is 11.4 Å². The lowest BCUT2D eigenvalue weighted by atomic mass is 9.46. The molecule has 6 heteroatoms. The van der Waals surface area contributed by atoms with Gasteiger partial charge in [0.25, 0.3) is 5.91 Å². The van der Waals surface area contributed by atoms with Gasteiger partial charge in [-0.3, -0.25) is 9.59 Å². The predicted octanol–water partition coefficient (Wildman–Crippen LogP) is 6.54. The Morgan fingerprint density at radius 3 is 2.24 bits per heavy atom. The Morgan fingerprint density at radius 1 is 0.946 bits per heavy atom. The molecule has 0 saturated heterocycles. The first-order valence-electron chi connectivity index (χ1n) is 13.6. The predicted molar refractivity (Wildman–Crippen MR) is 145 cm³/mol. The zero-order chi connectivity index (χ0) is 25.4. The van der Waals surface area contributed by atoms with Gasteiger partial charge in [0.05, 0.1) is 11.6 Å². The fraction of sp³-hybridized carbons (Fsp3) is 0.484. The molecule has 2 aromatic rings. The molecular weight excluding hydrogens is 484 g/mol. The van der Waals surface area contributed by atoms with Crippen LogP contribution in [0.3, 0.4) is 0 Å². The van der Waals surface area contributed by atoms with E-state index in [1.54, 1.807) is 18.2 Å². The van der Waals surface area contributed by atoms with Crippen molar-refractivity contribution in [2.24, 2.45) is 35.0 Å². The number of carbonyl (C=O) groups excluding carboxylic acids is 2. The van der Waals surface area contributed by atoms with E-state index in [1.165, 1.54) is 32.1 Å². The van der Waals surface area contributed by atoms with E-state index in [9.17, 15) is 9.59 Å². The highest BCUT2D eigenvalue weighted by Crippen LogP contribution is 2.62. The highest BCUT2D eigenvalue weighted by atomic mass is 35.5. The third-order valence-electron chi connectivity index (χ3n) is 8.69. The van der Waals surface area contributed by atoms with E-state index < -0.39 is 11.8 Å². The van der Waals surface area contributed by atoms with Gasteiger partial charge in [0.2, 0.25) is 5.91 Å². The summed E-state index contributed by atoms with van der Waals surface area (Å²) < 4.78 is 5.77. The second-order valence-corrected chi connectivity index (χ2v) is 12.1. The molecule has 0 spiro atoms. The minimum atomic E-state index is -0.520. The van der Waals surface area contributed by atoms with Crippen LogP contribution >= 0.6 is 11.6 Å². The van der Waals surface area contributed by atoms with Crippen molar-refractivity contribution < 1.29 is 14.3 Å². The van der Waals surface area contributed by atoms with Crippen LogP contribution in [0.1, 0.15) is 51.4 Å². The highest BCUT2D eigenvalue weighted by Gasteiger charge is 2.55. The molecule has 5 nitrogen and oxygen atoms in total. The van der Waals surface area contributed by atoms with Crippen molar-refractivity contribution in [1.29, 1.82) is 0 Å². The first-order chi connectivity index (χ1) is 18.0. The van der Waals surface area contributed by atoms with Crippen LogP contribution in [0.4, 0.5) is 11.4 Å². The lowest BCUT2D eigenvalue weighted by molar-refractivity contribution is -0.130. The Hall–Kier alpha value is -2.97. The van der Waals surface area contributed by atoms with Crippen molar-refractivity contribution >= 4 is 34.8 Å². The Balaban J connectivity index is 1.19. The molecule has 5 fully saturated rings. The first kappa shape index (κ1) is 24.4. The minimum absolute atomic E-state index is 0.103. The molecule has 1 unspecified atom stereocenters. The molecule has 0 aliphatic heterocycles. The summed E-state index contributed by atoms with van der Waals surface area (Å²) in [6.07, 6.45) is 9.33. The minimum Gasteiger partial charge on any atom is -0.492 e. The van der Waals surface area contributed by atoms with Crippen LogP contribution in [0.5, 0.6) is 5.75 Å². The average Bonchev–Trinajstić information content (AvgIpc) is 3.68. The highest BCUT2D eigenvalue weighted by molar-refractivity contribution is 6.32. The van der Waals surface area contributed by atoms with Crippen LogP contribution in [0.25, 0.3) is 0 Å². The van der Waals surface area contributed by atoms with Gasteiger partial charge >= 0.3 is 0 Å². The fourth-order valence-corrected chi connectivity index (χ4v) is 7.49. The van der Waals surface area contributed by atoms with Gasteiger partial charge in [-0.25, -0.2) is 0 Å². The van der Waals surface area contributed by atoms with Gasteiger partial charge in [0.15, 0.2) is 0 Å². The smallest absolute Gasteiger partial charge is 0.300 e. The van der Waals surface area contributed by atoms with Crippen LogP contribution in [-0.4, -0.2) is 18.4 Å². The van der Waals surface area contributed by atoms with Gasteiger partial charge in [-0.1, -0.05) is 35.7 Å². The van der Waals surface area contributed by atoms with Crippen molar-refractivity contribution in [2.45, 2.75) is 51.4 Å². The molecule has 0 heterocycles. The quantitative estimate of drug-likeness (QED) is 0.410. The molecule has 5 saturated carbocycles. The number of halogens is 1. The van der Waals surface area contributed by atoms with Crippen molar-refractivity contribution in [3.05, 3.63) is 53.6 Å². The zero-order valence-corrected chi connectivity index (χ0v) is 21.7. The molecule has 2 amide bonds. The number of nitrogens with one attached hydrogen (secondary N) is 2. The summed E-state index contributed by atoms with van der Waals surface area (Å²) in [6, 6.07) is 14.7. The van der Waals surface area contributed by atoms with Crippen molar-refractivity contribution in [3.63, 3.8) is 0 Å². The standard InChI is InChI=1S/C31H33ClN2O3/c32-27-15-25(8-10-28(27)37-19-20-6-7-20)33-29(35)11-9-26(30(36)34-24-4-2-1-3-5-24)31-16-21-12-22(17-31)14-23(13-21)18-31/h1-5,8,10,15,20-23,26H,6-7,12-14,16-19H2,(H,33,35)(H,34,36). The van der Waals surface area contributed by atoms with E-state index in [0.717, 1.165) is 24.9 Å². The molecule has 4 bridgehead atoms. The maximum atomic E-state index is 13.6. The summed E-state index contributed by atoms with van der Waals surface area (Å²) in [5, 5.41) is 6.35. The zero-order valence-electron chi connectivity index (χ0n) is 21.0. The van der Waals surface area contributed by atoms with E-state index in [0.29, 0.717) is 46.7 Å². The molecule has 0 aromatic heterocycles. The number of rotatable bonds is 7. The van der Waals surface area contributed by atoms with Gasteiger partial charge in [-0.05, 0) is 117 Å². The lowest BCUT2D eigenvalue weighted by Crippen LogP contribution is -2.52. The summed E-state index contributed by atoms with van der Waals surface area (Å²) in [5.41, 5.74) is 1.17. The SMILES string of the molecule is O=C(C#CC(C(=O)Nc1ccccc1)C12CC3CC(CC(C3)C1)C2)Nc1ccc(OCC2CC2)c(Cl)c1. The lowest BCUT2D eigenvalue weighted by Gasteiger charge is -2.58.